The Morgan fingerprint density at radius 2 is 1.23 bits per heavy atom. The summed E-state index contributed by atoms with van der Waals surface area (Å²) in [5.74, 6) is -4.02. The molecule has 0 aliphatic rings. The van der Waals surface area contributed by atoms with Crippen LogP contribution in [0.2, 0.25) is 0 Å². The van der Waals surface area contributed by atoms with Crippen LogP contribution in [-0.4, -0.2) is 63.4 Å². The van der Waals surface area contributed by atoms with Crippen molar-refractivity contribution >= 4 is 29.9 Å². The molecule has 0 aromatic rings. The summed E-state index contributed by atoms with van der Waals surface area (Å²) < 4.78 is 10.4. The van der Waals surface area contributed by atoms with E-state index in [1.54, 1.807) is 41.5 Å². The van der Waals surface area contributed by atoms with Gasteiger partial charge in [0.2, 0.25) is 0 Å². The number of urea groups is 1. The fourth-order valence-corrected chi connectivity index (χ4v) is 2.16. The van der Waals surface area contributed by atoms with E-state index in [4.69, 9.17) is 19.7 Å². The Kier molecular flexibility index (Phi) is 10.3. The molecule has 0 spiro atoms. The molecule has 30 heavy (non-hydrogen) atoms. The van der Waals surface area contributed by atoms with Crippen LogP contribution in [0.15, 0.2) is 0 Å². The molecule has 0 aliphatic carbocycles. The van der Waals surface area contributed by atoms with Crippen molar-refractivity contribution in [3.8, 4) is 0 Å². The molecule has 0 heterocycles. The maximum absolute atomic E-state index is 12.4. The molecular formula is C19H32N2O9. The van der Waals surface area contributed by atoms with Crippen molar-refractivity contribution in [2.24, 2.45) is 0 Å². The number of ether oxygens (including phenoxy) is 2. The van der Waals surface area contributed by atoms with E-state index in [0.717, 1.165) is 0 Å². The zero-order valence-electron chi connectivity index (χ0n) is 18.2. The number of rotatable bonds is 10. The van der Waals surface area contributed by atoms with Gasteiger partial charge in [0, 0.05) is 12.8 Å². The minimum atomic E-state index is -1.47. The number of carbonyl (C=O) groups is 5. The van der Waals surface area contributed by atoms with Gasteiger partial charge >= 0.3 is 29.9 Å². The minimum absolute atomic E-state index is 0.135. The Morgan fingerprint density at radius 1 is 0.767 bits per heavy atom. The van der Waals surface area contributed by atoms with E-state index in [-0.39, 0.29) is 19.3 Å². The summed E-state index contributed by atoms with van der Waals surface area (Å²) in [6.45, 7) is 9.94. The van der Waals surface area contributed by atoms with E-state index in [0.29, 0.717) is 0 Å². The molecule has 172 valence electrons. The molecule has 4 N–H and O–H groups in total. The number of hydrogen-bond acceptors (Lipinski definition) is 7. The largest absolute Gasteiger partial charge is 0.481 e. The van der Waals surface area contributed by atoms with Crippen LogP contribution < -0.4 is 10.6 Å². The average Bonchev–Trinajstić information content (AvgIpc) is 2.51. The summed E-state index contributed by atoms with van der Waals surface area (Å²) in [6, 6.07) is -3.72. The molecule has 0 fully saturated rings. The van der Waals surface area contributed by atoms with Gasteiger partial charge in [0.1, 0.15) is 23.3 Å². The van der Waals surface area contributed by atoms with Gasteiger partial charge in [-0.2, -0.15) is 0 Å². The molecule has 0 aromatic carbocycles. The average molecular weight is 432 g/mol. The maximum atomic E-state index is 12.4. The lowest BCUT2D eigenvalue weighted by Crippen LogP contribution is -2.52. The lowest BCUT2D eigenvalue weighted by Gasteiger charge is -2.25. The third-order valence-corrected chi connectivity index (χ3v) is 3.30. The van der Waals surface area contributed by atoms with E-state index in [1.807, 2.05) is 0 Å². The van der Waals surface area contributed by atoms with E-state index in [9.17, 15) is 24.0 Å². The molecule has 11 heteroatoms. The normalized spacial score (nSPS) is 13.5. The predicted molar refractivity (Wildman–Crippen MR) is 105 cm³/mol. The third-order valence-electron chi connectivity index (χ3n) is 3.30. The third kappa shape index (κ3) is 13.3. The van der Waals surface area contributed by atoms with Gasteiger partial charge in [0.15, 0.2) is 0 Å². The number of carboxylic acid groups (broad SMARTS) is 2. The lowest BCUT2D eigenvalue weighted by molar-refractivity contribution is -0.158. The summed E-state index contributed by atoms with van der Waals surface area (Å²) in [5.41, 5.74) is -1.58. The Morgan fingerprint density at radius 3 is 1.67 bits per heavy atom. The van der Waals surface area contributed by atoms with Crippen LogP contribution in [0, 0.1) is 0 Å². The van der Waals surface area contributed by atoms with Crippen LogP contribution in [0.4, 0.5) is 4.79 Å². The zero-order valence-corrected chi connectivity index (χ0v) is 18.2. The second-order valence-electron chi connectivity index (χ2n) is 8.65. The Hall–Kier alpha value is -2.85. The van der Waals surface area contributed by atoms with Crippen molar-refractivity contribution in [2.75, 3.05) is 0 Å². The first kappa shape index (κ1) is 27.1. The topological polar surface area (TPSA) is 168 Å². The molecule has 0 rings (SSSR count). The fourth-order valence-electron chi connectivity index (χ4n) is 2.16. The fraction of sp³-hybridized carbons (Fsp3) is 0.737. The van der Waals surface area contributed by atoms with Crippen LogP contribution in [-0.2, 0) is 28.7 Å². The molecule has 0 radical (unpaired) electrons. The van der Waals surface area contributed by atoms with Gasteiger partial charge in [0.25, 0.3) is 0 Å². The van der Waals surface area contributed by atoms with Crippen LogP contribution in [0.25, 0.3) is 0 Å². The second-order valence-corrected chi connectivity index (χ2v) is 8.65. The number of carbonyl (C=O) groups excluding carboxylic acids is 3. The highest BCUT2D eigenvalue weighted by Crippen LogP contribution is 2.13. The highest BCUT2D eigenvalue weighted by molar-refractivity contribution is 5.87. The van der Waals surface area contributed by atoms with Crippen LogP contribution in [0.3, 0.4) is 0 Å². The van der Waals surface area contributed by atoms with E-state index in [2.05, 4.69) is 10.6 Å². The molecule has 0 saturated carbocycles. The van der Waals surface area contributed by atoms with Crippen LogP contribution in [0.1, 0.15) is 67.2 Å². The predicted octanol–water partition coefficient (Wildman–Crippen LogP) is 1.44. The number of nitrogens with one attached hydrogen (secondary N) is 2. The first-order valence-corrected chi connectivity index (χ1v) is 9.46. The van der Waals surface area contributed by atoms with Crippen molar-refractivity contribution in [3.63, 3.8) is 0 Å². The number of esters is 2. The Labute approximate surface area is 175 Å². The van der Waals surface area contributed by atoms with Gasteiger partial charge in [-0.05, 0) is 54.4 Å². The standard InChI is InChI=1S/C19H32N2O9/c1-18(2,3)29-14(24)10-8-12(16(27)30-19(4,5)6)21-17(28)20-11(15(25)26)7-9-13(22)23/h11-12H,7-10H2,1-6H3,(H,22,23)(H,25,26)(H2,20,21,28). The summed E-state index contributed by atoms with van der Waals surface area (Å²) in [5, 5.41) is 22.2. The van der Waals surface area contributed by atoms with E-state index in [1.165, 1.54) is 0 Å². The molecule has 2 amide bonds. The lowest BCUT2D eigenvalue weighted by atomic mass is 10.1. The van der Waals surface area contributed by atoms with Crippen molar-refractivity contribution in [1.82, 2.24) is 10.6 Å². The van der Waals surface area contributed by atoms with Gasteiger partial charge < -0.3 is 30.3 Å². The minimum Gasteiger partial charge on any atom is -0.481 e. The van der Waals surface area contributed by atoms with Crippen molar-refractivity contribution < 1.29 is 43.7 Å². The SMILES string of the molecule is CC(C)(C)OC(=O)CCC(NC(=O)NC(CCC(=O)O)C(=O)O)C(=O)OC(C)(C)C. The molecule has 2 atom stereocenters. The number of carboxylic acids is 2. The number of amides is 2. The van der Waals surface area contributed by atoms with Crippen molar-refractivity contribution in [3.05, 3.63) is 0 Å². The van der Waals surface area contributed by atoms with Gasteiger partial charge in [0.05, 0.1) is 0 Å². The second kappa shape index (κ2) is 11.4. The molecule has 0 aliphatic heterocycles. The van der Waals surface area contributed by atoms with Crippen LogP contribution >= 0.6 is 0 Å². The van der Waals surface area contributed by atoms with Crippen molar-refractivity contribution in [2.45, 2.75) is 90.5 Å². The monoisotopic (exact) mass is 432 g/mol. The zero-order chi connectivity index (χ0) is 23.7. The summed E-state index contributed by atoms with van der Waals surface area (Å²) in [7, 11) is 0. The maximum Gasteiger partial charge on any atom is 0.329 e. The molecule has 0 bridgehead atoms. The molecular weight excluding hydrogens is 400 g/mol. The number of hydrogen-bond donors (Lipinski definition) is 4. The Bertz CT molecular complexity index is 647. The number of aliphatic carboxylic acids is 2. The highest BCUT2D eigenvalue weighted by Gasteiger charge is 2.29. The first-order chi connectivity index (χ1) is 13.5. The van der Waals surface area contributed by atoms with Crippen LogP contribution in [0.5, 0.6) is 0 Å². The molecule has 0 aromatic heterocycles. The summed E-state index contributed by atoms with van der Waals surface area (Å²) in [6.07, 6.45) is -1.13. The first-order valence-electron chi connectivity index (χ1n) is 9.46. The quantitative estimate of drug-likeness (QED) is 0.373. The van der Waals surface area contributed by atoms with Gasteiger partial charge in [-0.15, -0.1) is 0 Å². The van der Waals surface area contributed by atoms with Gasteiger partial charge in [-0.25, -0.2) is 14.4 Å². The molecule has 11 nitrogen and oxygen atoms in total. The molecule has 0 saturated heterocycles. The van der Waals surface area contributed by atoms with Gasteiger partial charge in [-0.3, -0.25) is 9.59 Å². The van der Waals surface area contributed by atoms with Gasteiger partial charge in [-0.1, -0.05) is 0 Å². The summed E-state index contributed by atoms with van der Waals surface area (Å²) >= 11 is 0. The molecule has 2 unspecified atom stereocenters. The van der Waals surface area contributed by atoms with E-state index < -0.39 is 59.6 Å². The summed E-state index contributed by atoms with van der Waals surface area (Å²) in [4.78, 5) is 58.4. The Balaban J connectivity index is 5.14. The smallest absolute Gasteiger partial charge is 0.329 e. The van der Waals surface area contributed by atoms with E-state index >= 15 is 0 Å². The van der Waals surface area contributed by atoms with Crippen molar-refractivity contribution in [1.29, 1.82) is 0 Å². The highest BCUT2D eigenvalue weighted by atomic mass is 16.6.